The molecule has 2 aromatic rings. The van der Waals surface area contributed by atoms with Crippen LogP contribution in [0.25, 0.3) is 0 Å². The average molecular weight is 463 g/mol. The molecule has 0 bridgehead atoms. The van der Waals surface area contributed by atoms with Gasteiger partial charge >= 0.3 is 6.01 Å². The molecular formula is C27H38N6O. The summed E-state index contributed by atoms with van der Waals surface area (Å²) in [6.45, 7) is 6.99. The van der Waals surface area contributed by atoms with E-state index in [1.54, 1.807) is 0 Å². The van der Waals surface area contributed by atoms with Crippen LogP contribution in [-0.4, -0.2) is 79.9 Å². The third kappa shape index (κ3) is 4.36. The number of ether oxygens (including phenoxy) is 1. The number of piperazine rings is 1. The van der Waals surface area contributed by atoms with Crippen LogP contribution in [0.4, 0.5) is 11.5 Å². The van der Waals surface area contributed by atoms with Gasteiger partial charge in [0, 0.05) is 62.5 Å². The predicted octanol–water partition coefficient (Wildman–Crippen LogP) is 2.67. The molecule has 3 aliphatic heterocycles. The summed E-state index contributed by atoms with van der Waals surface area (Å²) in [7, 11) is 2.20. The molecule has 1 aromatic heterocycles. The van der Waals surface area contributed by atoms with Crippen molar-refractivity contribution in [2.24, 2.45) is 0 Å². The summed E-state index contributed by atoms with van der Waals surface area (Å²) in [5, 5.41) is 3.48. The maximum Gasteiger partial charge on any atom is 0.318 e. The van der Waals surface area contributed by atoms with E-state index < -0.39 is 0 Å². The molecule has 2 saturated heterocycles. The summed E-state index contributed by atoms with van der Waals surface area (Å²) >= 11 is 0. The average Bonchev–Trinajstić information content (AvgIpc) is 3.31. The molecule has 1 aliphatic carbocycles. The minimum absolute atomic E-state index is 0.472. The van der Waals surface area contributed by atoms with E-state index >= 15 is 0 Å². The maximum atomic E-state index is 6.28. The molecule has 0 radical (unpaired) electrons. The van der Waals surface area contributed by atoms with Crippen LogP contribution in [0.3, 0.4) is 0 Å². The van der Waals surface area contributed by atoms with Crippen molar-refractivity contribution >= 4 is 11.5 Å². The number of hydrogen-bond acceptors (Lipinski definition) is 7. The van der Waals surface area contributed by atoms with Crippen molar-refractivity contribution in [2.75, 3.05) is 62.7 Å². The fourth-order valence-corrected chi connectivity index (χ4v) is 6.33. The lowest BCUT2D eigenvalue weighted by molar-refractivity contribution is 0.187. The van der Waals surface area contributed by atoms with E-state index in [9.17, 15) is 0 Å². The topological polar surface area (TPSA) is 56.8 Å². The molecular weight excluding hydrogens is 424 g/mol. The van der Waals surface area contributed by atoms with E-state index in [-0.39, 0.29) is 0 Å². The number of aryl methyl sites for hydroxylation is 1. The number of likely N-dealkylation sites (tertiary alicyclic amines) is 1. The lowest BCUT2D eigenvalue weighted by Crippen LogP contribution is -2.46. The number of nitrogens with zero attached hydrogens (tertiary/aromatic N) is 5. The minimum atomic E-state index is 0.472. The lowest BCUT2D eigenvalue weighted by atomic mass is 9.88. The van der Waals surface area contributed by atoms with Gasteiger partial charge in [0.2, 0.25) is 0 Å². The smallest absolute Gasteiger partial charge is 0.318 e. The van der Waals surface area contributed by atoms with Crippen LogP contribution in [0.2, 0.25) is 0 Å². The third-order valence-corrected chi connectivity index (χ3v) is 8.29. The Morgan fingerprint density at radius 1 is 1.00 bits per heavy atom. The zero-order valence-corrected chi connectivity index (χ0v) is 20.5. The molecule has 4 aliphatic rings. The number of likely N-dealkylation sites (N-methyl/N-ethyl adjacent to an activating group) is 1. The van der Waals surface area contributed by atoms with Gasteiger partial charge in [-0.05, 0) is 63.7 Å². The van der Waals surface area contributed by atoms with Crippen LogP contribution in [0, 0.1) is 0 Å². The normalized spacial score (nSPS) is 25.2. The largest absolute Gasteiger partial charge is 0.462 e. The van der Waals surface area contributed by atoms with Gasteiger partial charge in [0.1, 0.15) is 12.4 Å². The second-order valence-corrected chi connectivity index (χ2v) is 10.4. The van der Waals surface area contributed by atoms with E-state index in [1.807, 2.05) is 0 Å². The highest BCUT2D eigenvalue weighted by Gasteiger charge is 2.32. The molecule has 7 nitrogen and oxygen atoms in total. The SMILES string of the molecule is CN1CCCC1COc1nc2c(c(N3CCNCC3)n1)CCC(N1CCCc3ccccc31)C2. The van der Waals surface area contributed by atoms with Gasteiger partial charge in [-0.15, -0.1) is 0 Å². The van der Waals surface area contributed by atoms with E-state index in [2.05, 4.69) is 51.3 Å². The molecule has 7 heteroatoms. The highest BCUT2D eigenvalue weighted by Crippen LogP contribution is 2.36. The maximum absolute atomic E-state index is 6.28. The van der Waals surface area contributed by atoms with E-state index in [4.69, 9.17) is 14.7 Å². The molecule has 2 atom stereocenters. The van der Waals surface area contributed by atoms with Crippen LogP contribution in [0.1, 0.15) is 42.5 Å². The fourth-order valence-electron chi connectivity index (χ4n) is 6.33. The summed E-state index contributed by atoms with van der Waals surface area (Å²) in [4.78, 5) is 17.5. The fraction of sp³-hybridized carbons (Fsp3) is 0.630. The van der Waals surface area contributed by atoms with Crippen LogP contribution in [0.5, 0.6) is 6.01 Å². The Hall–Kier alpha value is -2.38. The summed E-state index contributed by atoms with van der Waals surface area (Å²) < 4.78 is 6.28. The van der Waals surface area contributed by atoms with Crippen molar-refractivity contribution in [3.05, 3.63) is 41.1 Å². The highest BCUT2D eigenvalue weighted by atomic mass is 16.5. The number of rotatable bonds is 5. The molecule has 2 fully saturated rings. The Morgan fingerprint density at radius 3 is 2.74 bits per heavy atom. The number of hydrogen-bond donors (Lipinski definition) is 1. The van der Waals surface area contributed by atoms with Crippen molar-refractivity contribution in [3.8, 4) is 6.01 Å². The molecule has 0 spiro atoms. The monoisotopic (exact) mass is 462 g/mol. The minimum Gasteiger partial charge on any atom is -0.462 e. The van der Waals surface area contributed by atoms with Crippen LogP contribution in [-0.2, 0) is 19.3 Å². The van der Waals surface area contributed by atoms with Crippen LogP contribution < -0.4 is 19.9 Å². The standard InChI is InChI=1S/C27H38N6O/c1-31-14-5-8-22(31)19-34-27-29-24-18-21(33-15-4-7-20-6-2-3-9-25(20)33)10-11-23(24)26(30-27)32-16-12-28-13-17-32/h2-3,6,9,21-22,28H,4-5,7-8,10-19H2,1H3. The predicted molar refractivity (Wildman–Crippen MR) is 136 cm³/mol. The van der Waals surface area contributed by atoms with Gasteiger partial charge in [-0.3, -0.25) is 0 Å². The van der Waals surface area contributed by atoms with Gasteiger partial charge < -0.3 is 24.8 Å². The quantitative estimate of drug-likeness (QED) is 0.733. The van der Waals surface area contributed by atoms with Crippen LogP contribution >= 0.6 is 0 Å². The zero-order valence-electron chi connectivity index (χ0n) is 20.5. The molecule has 0 saturated carbocycles. The summed E-state index contributed by atoms with van der Waals surface area (Å²) in [6, 6.07) is 10.5. The molecule has 1 N–H and O–H groups in total. The van der Waals surface area contributed by atoms with Crippen LogP contribution in [0.15, 0.2) is 24.3 Å². The first-order valence-corrected chi connectivity index (χ1v) is 13.3. The van der Waals surface area contributed by atoms with Gasteiger partial charge in [0.15, 0.2) is 0 Å². The van der Waals surface area contributed by atoms with E-state index in [0.29, 0.717) is 24.7 Å². The lowest BCUT2D eigenvalue weighted by Gasteiger charge is -2.41. The van der Waals surface area contributed by atoms with Gasteiger partial charge in [0.25, 0.3) is 0 Å². The van der Waals surface area contributed by atoms with E-state index in [0.717, 1.165) is 64.3 Å². The molecule has 0 amide bonds. The highest BCUT2D eigenvalue weighted by molar-refractivity contribution is 5.58. The second kappa shape index (κ2) is 9.70. The number of aromatic nitrogens is 2. The molecule has 4 heterocycles. The molecule has 2 unspecified atom stereocenters. The van der Waals surface area contributed by atoms with Crippen molar-refractivity contribution in [2.45, 2.75) is 57.0 Å². The van der Waals surface area contributed by atoms with E-state index in [1.165, 1.54) is 48.2 Å². The Morgan fingerprint density at radius 2 is 1.88 bits per heavy atom. The first-order chi connectivity index (χ1) is 16.8. The van der Waals surface area contributed by atoms with Gasteiger partial charge in [-0.25, -0.2) is 0 Å². The Labute approximate surface area is 203 Å². The number of para-hydroxylation sites is 1. The number of fused-ring (bicyclic) bond motifs is 2. The Kier molecular flexibility index (Phi) is 6.31. The molecule has 34 heavy (non-hydrogen) atoms. The van der Waals surface area contributed by atoms with Gasteiger partial charge in [-0.1, -0.05) is 18.2 Å². The van der Waals surface area contributed by atoms with Crippen molar-refractivity contribution in [1.29, 1.82) is 0 Å². The second-order valence-electron chi connectivity index (χ2n) is 10.4. The van der Waals surface area contributed by atoms with Crippen molar-refractivity contribution < 1.29 is 4.74 Å². The first-order valence-electron chi connectivity index (χ1n) is 13.3. The first kappa shape index (κ1) is 22.1. The molecule has 6 rings (SSSR count). The molecule has 1 aromatic carbocycles. The summed E-state index contributed by atoms with van der Waals surface area (Å²) in [6.07, 6.45) is 8.06. The Bertz CT molecular complexity index is 1010. The van der Waals surface area contributed by atoms with Crippen molar-refractivity contribution in [1.82, 2.24) is 20.2 Å². The van der Waals surface area contributed by atoms with Gasteiger partial charge in [-0.2, -0.15) is 9.97 Å². The Balaban J connectivity index is 1.28. The molecule has 182 valence electrons. The summed E-state index contributed by atoms with van der Waals surface area (Å²) in [5.41, 5.74) is 5.49. The summed E-state index contributed by atoms with van der Waals surface area (Å²) in [5.74, 6) is 1.12. The number of benzene rings is 1. The number of nitrogens with one attached hydrogen (secondary N) is 1. The van der Waals surface area contributed by atoms with Gasteiger partial charge in [0.05, 0.1) is 5.69 Å². The zero-order chi connectivity index (χ0) is 22.9. The number of anilines is 2. The third-order valence-electron chi connectivity index (χ3n) is 8.29. The van der Waals surface area contributed by atoms with Crippen molar-refractivity contribution in [3.63, 3.8) is 0 Å².